The maximum atomic E-state index is 13.1. The van der Waals surface area contributed by atoms with E-state index in [0.29, 0.717) is 37.6 Å². The van der Waals surface area contributed by atoms with Gasteiger partial charge < -0.3 is 15.7 Å². The summed E-state index contributed by atoms with van der Waals surface area (Å²) in [5.74, 6) is 2.73. The molecule has 1 aliphatic heterocycles. The number of thioether (sulfide) groups is 2. The Labute approximate surface area is 234 Å². The number of nitrogens with one attached hydrogen (secondary N) is 3. The van der Waals surface area contributed by atoms with Gasteiger partial charge in [-0.25, -0.2) is 0 Å². The van der Waals surface area contributed by atoms with Crippen LogP contribution in [0.1, 0.15) is 42.9 Å². The van der Waals surface area contributed by atoms with Crippen LogP contribution in [0.25, 0.3) is 0 Å². The van der Waals surface area contributed by atoms with Gasteiger partial charge in [0.05, 0.1) is 24.4 Å². The Kier molecular flexibility index (Phi) is 13.4. The van der Waals surface area contributed by atoms with Crippen LogP contribution in [0.15, 0.2) is 48.5 Å². The zero-order valence-corrected chi connectivity index (χ0v) is 23.7. The van der Waals surface area contributed by atoms with E-state index in [0.717, 1.165) is 24.2 Å². The first-order valence-electron chi connectivity index (χ1n) is 13.2. The molecule has 1 heterocycles. The lowest BCUT2D eigenvalue weighted by molar-refractivity contribution is -0.121. The van der Waals surface area contributed by atoms with Gasteiger partial charge in [-0.15, -0.1) is 23.5 Å². The van der Waals surface area contributed by atoms with Crippen molar-refractivity contribution in [1.82, 2.24) is 16.0 Å². The number of carbonyl (C=O) groups excluding carboxylic acids is 3. The fourth-order valence-electron chi connectivity index (χ4n) is 4.21. The third-order valence-electron chi connectivity index (χ3n) is 6.40. The van der Waals surface area contributed by atoms with Crippen molar-refractivity contribution in [3.8, 4) is 5.75 Å². The summed E-state index contributed by atoms with van der Waals surface area (Å²) < 4.78 is 0. The summed E-state index contributed by atoms with van der Waals surface area (Å²) in [6.45, 7) is 3.21. The highest BCUT2D eigenvalue weighted by molar-refractivity contribution is 8.00. The maximum Gasteiger partial charge on any atom is 0.160 e. The minimum absolute atomic E-state index is 0.0524. The van der Waals surface area contributed by atoms with Crippen molar-refractivity contribution in [2.45, 2.75) is 55.4 Å². The lowest BCUT2D eigenvalue weighted by atomic mass is 9.99. The fourth-order valence-corrected chi connectivity index (χ4v) is 6.30. The van der Waals surface area contributed by atoms with E-state index in [2.05, 4.69) is 28.1 Å². The van der Waals surface area contributed by atoms with E-state index in [1.165, 1.54) is 18.1 Å². The first kappa shape index (κ1) is 30.4. The second-order valence-electron chi connectivity index (χ2n) is 9.59. The predicted octanol–water partition coefficient (Wildman–Crippen LogP) is 3.48. The van der Waals surface area contributed by atoms with Crippen LogP contribution in [0.4, 0.5) is 0 Å². The van der Waals surface area contributed by atoms with Crippen molar-refractivity contribution in [3.63, 3.8) is 0 Å². The number of hydrogen-bond donors (Lipinski definition) is 4. The summed E-state index contributed by atoms with van der Waals surface area (Å²) in [7, 11) is 0. The van der Waals surface area contributed by atoms with E-state index in [4.69, 9.17) is 0 Å². The van der Waals surface area contributed by atoms with Gasteiger partial charge in [-0.3, -0.25) is 19.7 Å². The van der Waals surface area contributed by atoms with Crippen LogP contribution in [-0.4, -0.2) is 65.8 Å². The second kappa shape index (κ2) is 16.7. The van der Waals surface area contributed by atoms with E-state index in [1.54, 1.807) is 35.7 Å². The standard InChI is InChI=1S/C29H39N3O4S2/c1-21(33)15-31-17-29-28(36)16-30-13-5-4-8-27(35)26(14-22-9-11-25(34)12-10-22)32-20-37-18-23-6-2-3-7-24(23)19-38-29/h2-3,6-7,9-12,26,29-32,34H,4-5,8,13-20H2,1H3/t26-,29?/m0/s1. The summed E-state index contributed by atoms with van der Waals surface area (Å²) in [5, 5.41) is 19.2. The van der Waals surface area contributed by atoms with E-state index >= 15 is 0 Å². The number of benzene rings is 2. The highest BCUT2D eigenvalue weighted by atomic mass is 32.2. The summed E-state index contributed by atoms with van der Waals surface area (Å²) in [6.07, 6.45) is 2.63. The Balaban J connectivity index is 1.68. The van der Waals surface area contributed by atoms with Crippen LogP contribution in [0, 0.1) is 0 Å². The van der Waals surface area contributed by atoms with Crippen molar-refractivity contribution in [1.29, 1.82) is 0 Å². The van der Waals surface area contributed by atoms with Gasteiger partial charge in [0.15, 0.2) is 5.78 Å². The zero-order chi connectivity index (χ0) is 27.2. The Bertz CT molecular complexity index is 1050. The Hall–Kier alpha value is -2.17. The molecule has 0 aliphatic carbocycles. The highest BCUT2D eigenvalue weighted by Gasteiger charge is 2.21. The van der Waals surface area contributed by atoms with E-state index in [1.807, 2.05) is 24.3 Å². The summed E-state index contributed by atoms with van der Waals surface area (Å²) in [5.41, 5.74) is 3.42. The number of rotatable bonds is 6. The normalized spacial score (nSPS) is 20.8. The number of ketones is 3. The average Bonchev–Trinajstić information content (AvgIpc) is 2.90. The molecular weight excluding hydrogens is 518 g/mol. The van der Waals surface area contributed by atoms with Gasteiger partial charge in [0.1, 0.15) is 17.3 Å². The van der Waals surface area contributed by atoms with E-state index in [-0.39, 0.29) is 47.5 Å². The number of carbonyl (C=O) groups is 3. The lowest BCUT2D eigenvalue weighted by Crippen LogP contribution is -2.39. The number of phenols is 1. The molecule has 0 saturated carbocycles. The molecule has 0 saturated heterocycles. The molecule has 0 amide bonds. The molecule has 3 rings (SSSR count). The van der Waals surface area contributed by atoms with Crippen molar-refractivity contribution < 1.29 is 19.5 Å². The number of aromatic hydroxyl groups is 1. The Morgan fingerprint density at radius 2 is 1.76 bits per heavy atom. The van der Waals surface area contributed by atoms with E-state index < -0.39 is 0 Å². The Morgan fingerprint density at radius 1 is 1.03 bits per heavy atom. The second-order valence-corrected chi connectivity index (χ2v) is 11.8. The molecular formula is C29H39N3O4S2. The molecule has 2 aromatic rings. The number of phenolic OH excluding ortho intramolecular Hbond substituents is 1. The van der Waals surface area contributed by atoms with Crippen LogP contribution < -0.4 is 16.0 Å². The molecule has 1 unspecified atom stereocenters. The molecule has 4 N–H and O–H groups in total. The van der Waals surface area contributed by atoms with Crippen molar-refractivity contribution in [2.75, 3.05) is 32.1 Å². The van der Waals surface area contributed by atoms with Crippen LogP contribution >= 0.6 is 23.5 Å². The smallest absolute Gasteiger partial charge is 0.160 e. The number of Topliss-reactive ketones (excluding diaryl/α,β-unsaturated/α-hetero) is 3. The first-order valence-corrected chi connectivity index (χ1v) is 15.4. The summed E-state index contributed by atoms with van der Waals surface area (Å²) in [6, 6.07) is 15.0. The minimum atomic E-state index is -0.283. The van der Waals surface area contributed by atoms with Gasteiger partial charge in [-0.05, 0) is 61.6 Å². The largest absolute Gasteiger partial charge is 0.508 e. The number of fused-ring (bicyclic) bond motifs is 1. The molecule has 9 heteroatoms. The molecule has 0 fully saturated rings. The summed E-state index contributed by atoms with van der Waals surface area (Å²) in [4.78, 5) is 37.4. The third kappa shape index (κ3) is 10.9. The molecule has 206 valence electrons. The van der Waals surface area contributed by atoms with Crippen LogP contribution in [-0.2, 0) is 32.3 Å². The monoisotopic (exact) mass is 557 g/mol. The molecule has 2 aromatic carbocycles. The van der Waals surface area contributed by atoms with Gasteiger partial charge in [0.2, 0.25) is 0 Å². The molecule has 7 nitrogen and oxygen atoms in total. The van der Waals surface area contributed by atoms with Crippen LogP contribution in [0.5, 0.6) is 5.75 Å². The third-order valence-corrected chi connectivity index (χ3v) is 8.60. The quantitative estimate of drug-likeness (QED) is 0.425. The fraction of sp³-hybridized carbons (Fsp3) is 0.483. The first-order chi connectivity index (χ1) is 18.4. The molecule has 0 aromatic heterocycles. The van der Waals surface area contributed by atoms with Gasteiger partial charge in [0, 0.05) is 30.3 Å². The van der Waals surface area contributed by atoms with Crippen molar-refractivity contribution >= 4 is 40.9 Å². The topological polar surface area (TPSA) is 108 Å². The average molecular weight is 558 g/mol. The SMILES string of the molecule is CC(=O)CNCC1SCc2ccccc2CSCN[C@@H](Cc2ccc(O)cc2)C(=O)CCCCNCC1=O. The van der Waals surface area contributed by atoms with Gasteiger partial charge >= 0.3 is 0 Å². The summed E-state index contributed by atoms with van der Waals surface area (Å²) >= 11 is 3.36. The van der Waals surface area contributed by atoms with Gasteiger partial charge in [-0.1, -0.05) is 36.4 Å². The molecule has 1 aliphatic rings. The van der Waals surface area contributed by atoms with Crippen LogP contribution in [0.2, 0.25) is 0 Å². The van der Waals surface area contributed by atoms with E-state index in [9.17, 15) is 19.5 Å². The van der Waals surface area contributed by atoms with Crippen molar-refractivity contribution in [2.24, 2.45) is 0 Å². The number of hydrogen-bond acceptors (Lipinski definition) is 9. The molecule has 38 heavy (non-hydrogen) atoms. The van der Waals surface area contributed by atoms with Crippen LogP contribution in [0.3, 0.4) is 0 Å². The zero-order valence-electron chi connectivity index (χ0n) is 22.0. The molecule has 0 bridgehead atoms. The highest BCUT2D eigenvalue weighted by Crippen LogP contribution is 2.24. The predicted molar refractivity (Wildman–Crippen MR) is 157 cm³/mol. The van der Waals surface area contributed by atoms with Gasteiger partial charge in [0.25, 0.3) is 0 Å². The molecule has 0 spiro atoms. The lowest BCUT2D eigenvalue weighted by Gasteiger charge is -2.20. The molecule has 2 atom stereocenters. The van der Waals surface area contributed by atoms with Gasteiger partial charge in [-0.2, -0.15) is 0 Å². The maximum absolute atomic E-state index is 13.1. The molecule has 0 radical (unpaired) electrons. The minimum Gasteiger partial charge on any atom is -0.508 e. The Morgan fingerprint density at radius 3 is 2.50 bits per heavy atom. The van der Waals surface area contributed by atoms with Crippen molar-refractivity contribution in [3.05, 3.63) is 65.2 Å².